The van der Waals surface area contributed by atoms with Gasteiger partial charge in [0.05, 0.1) is 12.0 Å². The van der Waals surface area contributed by atoms with Gasteiger partial charge in [0.2, 0.25) is 5.91 Å². The van der Waals surface area contributed by atoms with Crippen molar-refractivity contribution < 1.29 is 14.3 Å². The summed E-state index contributed by atoms with van der Waals surface area (Å²) in [6.45, 7) is 6.43. The summed E-state index contributed by atoms with van der Waals surface area (Å²) in [5.74, 6) is 0.523. The van der Waals surface area contributed by atoms with E-state index in [1.165, 1.54) is 16.6 Å². The molecule has 0 aliphatic carbocycles. The van der Waals surface area contributed by atoms with Crippen LogP contribution in [0, 0.1) is 6.92 Å². The number of carbonyl (C=O) groups excluding carboxylic acids is 2. The number of aromatic nitrogens is 5. The molecule has 170 valence electrons. The van der Waals surface area contributed by atoms with Gasteiger partial charge < -0.3 is 9.64 Å². The summed E-state index contributed by atoms with van der Waals surface area (Å²) >= 11 is 0. The number of piperazine rings is 1. The summed E-state index contributed by atoms with van der Waals surface area (Å²) in [6, 6.07) is 7.83. The maximum Gasteiger partial charge on any atom is 0.338 e. The minimum Gasteiger partial charge on any atom is -0.457 e. The fraction of sp³-hybridized carbons (Fsp3) is 0.391. The molecule has 2 aromatic heterocycles. The second-order valence-corrected chi connectivity index (χ2v) is 8.44. The van der Waals surface area contributed by atoms with Crippen molar-refractivity contribution in [2.24, 2.45) is 0 Å². The molecule has 0 unspecified atom stereocenters. The van der Waals surface area contributed by atoms with E-state index in [0.29, 0.717) is 24.4 Å². The van der Waals surface area contributed by atoms with Crippen LogP contribution in [0.25, 0.3) is 5.82 Å². The van der Waals surface area contributed by atoms with Crippen molar-refractivity contribution in [2.75, 3.05) is 32.7 Å². The Labute approximate surface area is 191 Å². The Hall–Kier alpha value is -3.66. The fourth-order valence-electron chi connectivity index (χ4n) is 4.27. The molecule has 0 saturated carbocycles. The summed E-state index contributed by atoms with van der Waals surface area (Å²) in [5, 5.41) is 11.1. The number of fused-ring (bicyclic) bond motifs is 1. The number of benzene rings is 1. The van der Waals surface area contributed by atoms with Gasteiger partial charge in [-0.1, -0.05) is 12.1 Å². The molecule has 33 heavy (non-hydrogen) atoms. The van der Waals surface area contributed by atoms with Crippen LogP contribution in [-0.2, 0) is 29.0 Å². The van der Waals surface area contributed by atoms with E-state index in [1.807, 2.05) is 30.0 Å². The van der Waals surface area contributed by atoms with Crippen LogP contribution in [0.1, 0.15) is 32.6 Å². The number of amides is 1. The lowest BCUT2D eigenvalue weighted by Gasteiger charge is -2.35. The van der Waals surface area contributed by atoms with Crippen molar-refractivity contribution in [1.29, 1.82) is 0 Å². The van der Waals surface area contributed by atoms with E-state index in [1.54, 1.807) is 6.20 Å². The van der Waals surface area contributed by atoms with Crippen molar-refractivity contribution in [2.45, 2.75) is 26.4 Å². The zero-order valence-electron chi connectivity index (χ0n) is 18.5. The summed E-state index contributed by atoms with van der Waals surface area (Å²) < 4.78 is 6.57. The van der Waals surface area contributed by atoms with E-state index < -0.39 is 0 Å². The van der Waals surface area contributed by atoms with Crippen LogP contribution in [0.3, 0.4) is 0 Å². The Morgan fingerprint density at radius 2 is 2.00 bits per heavy atom. The van der Waals surface area contributed by atoms with Crippen molar-refractivity contribution in [3.63, 3.8) is 0 Å². The molecule has 5 rings (SSSR count). The normalized spacial score (nSPS) is 16.0. The number of ether oxygens (including phenoxy) is 1. The second kappa shape index (κ2) is 9.07. The molecule has 1 aromatic carbocycles. The molecule has 0 radical (unpaired) electrons. The SMILES string of the molecule is Cc1cc(-n2cnnn2)ncc1CC(=O)N1CCN(CCc2ccc3c(c2)COC3=O)CC1. The Balaban J connectivity index is 1.11. The van der Waals surface area contributed by atoms with Gasteiger partial charge in [0.15, 0.2) is 5.82 Å². The van der Waals surface area contributed by atoms with Gasteiger partial charge in [0.1, 0.15) is 12.9 Å². The van der Waals surface area contributed by atoms with Crippen LogP contribution in [-0.4, -0.2) is 79.6 Å². The molecule has 0 spiro atoms. The molecule has 1 saturated heterocycles. The molecule has 0 atom stereocenters. The third-order valence-electron chi connectivity index (χ3n) is 6.32. The Kier molecular flexibility index (Phi) is 5.82. The maximum atomic E-state index is 12.9. The monoisotopic (exact) mass is 447 g/mol. The third-order valence-corrected chi connectivity index (χ3v) is 6.32. The highest BCUT2D eigenvalue weighted by atomic mass is 16.5. The molecule has 1 fully saturated rings. The lowest BCUT2D eigenvalue weighted by Crippen LogP contribution is -2.49. The van der Waals surface area contributed by atoms with Gasteiger partial charge in [0.25, 0.3) is 0 Å². The second-order valence-electron chi connectivity index (χ2n) is 8.44. The molecule has 0 bridgehead atoms. The van der Waals surface area contributed by atoms with Crippen molar-refractivity contribution in [3.05, 3.63) is 64.6 Å². The van der Waals surface area contributed by atoms with Gasteiger partial charge in [0, 0.05) is 44.5 Å². The highest BCUT2D eigenvalue weighted by Crippen LogP contribution is 2.21. The number of hydrogen-bond acceptors (Lipinski definition) is 8. The first-order chi connectivity index (χ1) is 16.1. The van der Waals surface area contributed by atoms with Crippen molar-refractivity contribution >= 4 is 11.9 Å². The highest BCUT2D eigenvalue weighted by Gasteiger charge is 2.23. The number of cyclic esters (lactones) is 1. The molecule has 10 heteroatoms. The minimum absolute atomic E-state index is 0.123. The molecule has 10 nitrogen and oxygen atoms in total. The number of pyridine rings is 1. The Bertz CT molecular complexity index is 1170. The summed E-state index contributed by atoms with van der Waals surface area (Å²) in [6.07, 6.45) is 4.47. The first kappa shape index (κ1) is 21.2. The van der Waals surface area contributed by atoms with Gasteiger partial charge >= 0.3 is 5.97 Å². The van der Waals surface area contributed by atoms with Crippen LogP contribution in [0.5, 0.6) is 0 Å². The van der Waals surface area contributed by atoms with Crippen LogP contribution in [0.15, 0.2) is 36.8 Å². The molecule has 0 N–H and O–H groups in total. The molecule has 3 aromatic rings. The number of hydrogen-bond donors (Lipinski definition) is 0. The molecule has 2 aliphatic heterocycles. The van der Waals surface area contributed by atoms with Crippen molar-refractivity contribution in [1.82, 2.24) is 35.0 Å². The standard InChI is InChI=1S/C23H25N7O3/c1-16-10-21(30-15-25-26-27-30)24-13-18(16)12-22(31)29-8-6-28(7-9-29)5-4-17-2-3-20-19(11-17)14-33-23(20)32/h2-3,10-11,13,15H,4-9,12,14H2,1H3. The first-order valence-corrected chi connectivity index (χ1v) is 11.0. The van der Waals surface area contributed by atoms with E-state index in [9.17, 15) is 9.59 Å². The van der Waals surface area contributed by atoms with Gasteiger partial charge in [-0.15, -0.1) is 5.10 Å². The van der Waals surface area contributed by atoms with E-state index >= 15 is 0 Å². The third kappa shape index (κ3) is 4.61. The molecule has 2 aliphatic rings. The van der Waals surface area contributed by atoms with Crippen molar-refractivity contribution in [3.8, 4) is 5.82 Å². The predicted octanol–water partition coefficient (Wildman–Crippen LogP) is 0.966. The zero-order chi connectivity index (χ0) is 22.8. The highest BCUT2D eigenvalue weighted by molar-refractivity contribution is 5.93. The zero-order valence-corrected chi connectivity index (χ0v) is 18.5. The van der Waals surface area contributed by atoms with Crippen LogP contribution in [0.4, 0.5) is 0 Å². The summed E-state index contributed by atoms with van der Waals surface area (Å²) in [5.41, 5.74) is 4.77. The lowest BCUT2D eigenvalue weighted by atomic mass is 10.0. The average Bonchev–Trinajstić information content (AvgIpc) is 3.50. The van der Waals surface area contributed by atoms with Crippen LogP contribution >= 0.6 is 0 Å². The smallest absolute Gasteiger partial charge is 0.338 e. The van der Waals surface area contributed by atoms with E-state index in [4.69, 9.17) is 4.74 Å². The first-order valence-electron chi connectivity index (χ1n) is 11.0. The van der Waals surface area contributed by atoms with Gasteiger partial charge in [-0.05, 0) is 52.6 Å². The number of esters is 1. The molecule has 4 heterocycles. The predicted molar refractivity (Wildman–Crippen MR) is 118 cm³/mol. The van der Waals surface area contributed by atoms with Crippen LogP contribution in [0.2, 0.25) is 0 Å². The fourth-order valence-corrected chi connectivity index (χ4v) is 4.27. The largest absolute Gasteiger partial charge is 0.457 e. The van der Waals surface area contributed by atoms with Crippen LogP contribution < -0.4 is 0 Å². The molecular weight excluding hydrogens is 422 g/mol. The Morgan fingerprint density at radius 1 is 1.15 bits per heavy atom. The van der Waals surface area contributed by atoms with Gasteiger partial charge in [-0.25, -0.2) is 9.78 Å². The minimum atomic E-state index is -0.230. The molecular formula is C23H25N7O3. The number of tetrazole rings is 1. The van der Waals surface area contributed by atoms with E-state index in [0.717, 1.165) is 55.8 Å². The lowest BCUT2D eigenvalue weighted by molar-refractivity contribution is -0.132. The van der Waals surface area contributed by atoms with E-state index in [-0.39, 0.29) is 11.9 Å². The number of rotatable bonds is 6. The topological polar surface area (TPSA) is 106 Å². The van der Waals surface area contributed by atoms with Gasteiger partial charge in [-0.2, -0.15) is 4.68 Å². The number of carbonyl (C=O) groups is 2. The Morgan fingerprint density at radius 3 is 2.76 bits per heavy atom. The number of nitrogens with zero attached hydrogens (tertiary/aromatic N) is 7. The summed E-state index contributed by atoms with van der Waals surface area (Å²) in [7, 11) is 0. The van der Waals surface area contributed by atoms with Gasteiger partial charge in [-0.3, -0.25) is 9.69 Å². The summed E-state index contributed by atoms with van der Waals surface area (Å²) in [4.78, 5) is 33.1. The van der Waals surface area contributed by atoms with E-state index in [2.05, 4.69) is 31.5 Å². The maximum absolute atomic E-state index is 12.9. The average molecular weight is 447 g/mol. The number of aryl methyl sites for hydroxylation is 1. The molecule has 1 amide bonds. The quantitative estimate of drug-likeness (QED) is 0.515.